The zero-order valence-corrected chi connectivity index (χ0v) is 25.4. The van der Waals surface area contributed by atoms with Crippen LogP contribution in [0.25, 0.3) is 10.8 Å². The van der Waals surface area contributed by atoms with E-state index in [1.54, 1.807) is 17.0 Å². The fraction of sp³-hybridized carbons (Fsp3) is 0.286. The fourth-order valence-corrected chi connectivity index (χ4v) is 6.24. The number of fused-ring (bicyclic) bond motifs is 2. The van der Waals surface area contributed by atoms with E-state index in [4.69, 9.17) is 0 Å². The van der Waals surface area contributed by atoms with Crippen LogP contribution >= 0.6 is 0 Å². The molecule has 2 aliphatic heterocycles. The van der Waals surface area contributed by atoms with Crippen LogP contribution in [0.15, 0.2) is 97.1 Å². The minimum absolute atomic E-state index is 0.0192. The average Bonchev–Trinajstić information content (AvgIpc) is 3.37. The van der Waals surface area contributed by atoms with Gasteiger partial charge in [0.1, 0.15) is 12.2 Å². The molecule has 0 spiro atoms. The minimum atomic E-state index is -0.688. The highest BCUT2D eigenvalue weighted by Crippen LogP contribution is 2.31. The van der Waals surface area contributed by atoms with Crippen LogP contribution in [0.3, 0.4) is 0 Å². The Hall–Kier alpha value is -4.89. The van der Waals surface area contributed by atoms with E-state index in [-0.39, 0.29) is 24.4 Å². The van der Waals surface area contributed by atoms with Crippen molar-refractivity contribution in [3.63, 3.8) is 0 Å². The highest BCUT2D eigenvalue weighted by molar-refractivity contribution is 5.92. The minimum Gasteiger partial charge on any atom is -0.378 e. The number of hydrogen-bond acceptors (Lipinski definition) is 5. The molecule has 0 unspecified atom stereocenters. The third-order valence-corrected chi connectivity index (χ3v) is 8.66. The van der Waals surface area contributed by atoms with Crippen LogP contribution in [-0.2, 0) is 29.1 Å². The first-order valence-corrected chi connectivity index (χ1v) is 14.9. The molecule has 2 fully saturated rings. The Morgan fingerprint density at radius 2 is 1.55 bits per heavy atom. The summed E-state index contributed by atoms with van der Waals surface area (Å²) in [5.41, 5.74) is 4.06. The molecule has 2 aliphatic rings. The van der Waals surface area contributed by atoms with E-state index in [1.165, 1.54) is 5.01 Å². The number of nitrogens with zero attached hydrogens (tertiary/aromatic N) is 5. The van der Waals surface area contributed by atoms with Crippen molar-refractivity contribution >= 4 is 34.3 Å². The molecule has 4 amide bonds. The van der Waals surface area contributed by atoms with Gasteiger partial charge in [0.05, 0.1) is 13.1 Å². The first-order chi connectivity index (χ1) is 21.3. The van der Waals surface area contributed by atoms with Crippen LogP contribution < -0.4 is 10.2 Å². The zero-order chi connectivity index (χ0) is 30.8. The largest absolute Gasteiger partial charge is 0.378 e. The molecule has 0 bridgehead atoms. The number of hydrazine groups is 1. The molecule has 1 N–H and O–H groups in total. The molecule has 0 saturated carbocycles. The normalized spacial score (nSPS) is 18.4. The lowest BCUT2D eigenvalue weighted by Crippen LogP contribution is -2.65. The lowest BCUT2D eigenvalue weighted by Gasteiger charge is -2.46. The van der Waals surface area contributed by atoms with Crippen LogP contribution in [-0.4, -0.2) is 84.1 Å². The van der Waals surface area contributed by atoms with Crippen molar-refractivity contribution in [2.24, 2.45) is 0 Å². The second-order valence-corrected chi connectivity index (χ2v) is 11.7. The third kappa shape index (κ3) is 5.83. The Bertz CT molecular complexity index is 1650. The van der Waals surface area contributed by atoms with E-state index >= 15 is 0 Å². The number of rotatable bonds is 8. The van der Waals surface area contributed by atoms with Gasteiger partial charge in [-0.3, -0.25) is 14.6 Å². The fourth-order valence-electron chi connectivity index (χ4n) is 6.24. The van der Waals surface area contributed by atoms with Crippen molar-refractivity contribution in [1.29, 1.82) is 0 Å². The summed E-state index contributed by atoms with van der Waals surface area (Å²) in [6, 6.07) is 31.1. The quantitative estimate of drug-likeness (QED) is 0.335. The lowest BCUT2D eigenvalue weighted by molar-refractivity contribution is -0.157. The zero-order valence-electron chi connectivity index (χ0n) is 25.4. The van der Waals surface area contributed by atoms with Crippen molar-refractivity contribution in [2.45, 2.75) is 31.7 Å². The van der Waals surface area contributed by atoms with Crippen LogP contribution in [0, 0.1) is 0 Å². The van der Waals surface area contributed by atoms with Crippen molar-refractivity contribution in [3.05, 3.63) is 114 Å². The van der Waals surface area contributed by atoms with Crippen molar-refractivity contribution in [2.75, 3.05) is 39.1 Å². The summed E-state index contributed by atoms with van der Waals surface area (Å²) in [5.74, 6) is -0.247. The maximum atomic E-state index is 14.2. The van der Waals surface area contributed by atoms with E-state index in [1.807, 2.05) is 96.7 Å². The second-order valence-electron chi connectivity index (χ2n) is 11.7. The summed E-state index contributed by atoms with van der Waals surface area (Å²) in [7, 11) is 5.65. The lowest BCUT2D eigenvalue weighted by atomic mass is 9.98. The average molecular weight is 591 g/mol. The van der Waals surface area contributed by atoms with E-state index in [0.29, 0.717) is 26.1 Å². The summed E-state index contributed by atoms with van der Waals surface area (Å²) in [6.45, 7) is 1.09. The van der Waals surface area contributed by atoms with Crippen molar-refractivity contribution in [3.8, 4) is 0 Å². The number of amides is 4. The molecule has 0 radical (unpaired) electrons. The van der Waals surface area contributed by atoms with Crippen molar-refractivity contribution < 1.29 is 14.4 Å². The Morgan fingerprint density at radius 3 is 2.30 bits per heavy atom. The van der Waals surface area contributed by atoms with Crippen LogP contribution in [0.1, 0.15) is 16.7 Å². The number of carbonyl (C=O) groups excluding carboxylic acids is 3. The van der Waals surface area contributed by atoms with E-state index in [0.717, 1.165) is 33.2 Å². The first-order valence-electron chi connectivity index (χ1n) is 14.9. The van der Waals surface area contributed by atoms with Crippen LogP contribution in [0.5, 0.6) is 0 Å². The predicted molar refractivity (Wildman–Crippen MR) is 171 cm³/mol. The van der Waals surface area contributed by atoms with Gasteiger partial charge in [0, 0.05) is 46.3 Å². The number of anilines is 1. The molecular formula is C35H38N6O3. The molecule has 9 heteroatoms. The number of carbonyl (C=O) groups is 3. The Kier molecular flexibility index (Phi) is 8.21. The highest BCUT2D eigenvalue weighted by Gasteiger charge is 2.51. The van der Waals surface area contributed by atoms with Gasteiger partial charge in [-0.25, -0.2) is 4.79 Å². The smallest absolute Gasteiger partial charge is 0.332 e. The maximum Gasteiger partial charge on any atom is 0.332 e. The molecule has 2 heterocycles. The van der Waals surface area contributed by atoms with Gasteiger partial charge in [0.2, 0.25) is 11.8 Å². The summed E-state index contributed by atoms with van der Waals surface area (Å²) >= 11 is 0. The molecule has 4 aromatic rings. The van der Waals surface area contributed by atoms with Gasteiger partial charge in [-0.05, 0) is 39.6 Å². The molecule has 0 aliphatic carbocycles. The number of urea groups is 1. The molecule has 6 rings (SSSR count). The molecule has 0 aromatic heterocycles. The second kappa shape index (κ2) is 12.4. The SMILES string of the molecule is CN(C)c1ccc(C[C@H]2C(=O)N(Cc3cccc4ccccc34)C[C@H]3N2C(=O)CN3N(C)C(=O)NCc2ccccc2)cc1. The van der Waals surface area contributed by atoms with Gasteiger partial charge in [0.25, 0.3) is 0 Å². The molecule has 44 heavy (non-hydrogen) atoms. The summed E-state index contributed by atoms with van der Waals surface area (Å²) in [5, 5.41) is 8.44. The van der Waals surface area contributed by atoms with E-state index in [9.17, 15) is 14.4 Å². The van der Waals surface area contributed by atoms with Gasteiger partial charge >= 0.3 is 6.03 Å². The Morgan fingerprint density at radius 1 is 0.841 bits per heavy atom. The maximum absolute atomic E-state index is 14.2. The van der Waals surface area contributed by atoms with Crippen LogP contribution in [0.2, 0.25) is 0 Å². The Balaban J connectivity index is 1.29. The predicted octanol–water partition coefficient (Wildman–Crippen LogP) is 4.09. The first kappa shape index (κ1) is 29.2. The topological polar surface area (TPSA) is 79.4 Å². The van der Waals surface area contributed by atoms with Gasteiger partial charge in [-0.1, -0.05) is 84.9 Å². The van der Waals surface area contributed by atoms with Gasteiger partial charge in [-0.2, -0.15) is 5.01 Å². The van der Waals surface area contributed by atoms with Crippen molar-refractivity contribution in [1.82, 2.24) is 25.1 Å². The number of nitrogens with one attached hydrogen (secondary N) is 1. The highest BCUT2D eigenvalue weighted by atomic mass is 16.2. The molecule has 2 saturated heterocycles. The molecular weight excluding hydrogens is 552 g/mol. The van der Waals surface area contributed by atoms with E-state index < -0.39 is 12.2 Å². The summed E-state index contributed by atoms with van der Waals surface area (Å²) in [6.07, 6.45) is -0.0906. The molecule has 9 nitrogen and oxygen atoms in total. The van der Waals surface area contributed by atoms with Gasteiger partial charge in [-0.15, -0.1) is 0 Å². The number of piperazine rings is 1. The monoisotopic (exact) mass is 590 g/mol. The van der Waals surface area contributed by atoms with Crippen LogP contribution in [0.4, 0.5) is 10.5 Å². The standard InChI is InChI=1S/C35H38N6O3/c1-37(2)29-18-16-25(17-19-29)20-31-34(43)39(22-28-14-9-13-27-12-7-8-15-30(27)28)23-32-40(24-33(42)41(31)32)38(3)35(44)36-21-26-10-5-4-6-11-26/h4-19,31-32H,20-24H2,1-3H3,(H,36,44)/t31-,32+/m0/s1. The molecule has 2 atom stereocenters. The van der Waals surface area contributed by atoms with Gasteiger partial charge in [0.15, 0.2) is 0 Å². The summed E-state index contributed by atoms with van der Waals surface area (Å²) < 4.78 is 0. The Labute approximate surface area is 258 Å². The number of benzene rings is 4. The third-order valence-electron chi connectivity index (χ3n) is 8.66. The number of hydrogen-bond donors (Lipinski definition) is 1. The molecule has 226 valence electrons. The van der Waals surface area contributed by atoms with E-state index in [2.05, 4.69) is 29.6 Å². The molecule has 4 aromatic carbocycles. The van der Waals surface area contributed by atoms with Gasteiger partial charge < -0.3 is 20.0 Å². The summed E-state index contributed by atoms with van der Waals surface area (Å²) in [4.78, 5) is 46.7.